The minimum atomic E-state index is -0.563. The van der Waals surface area contributed by atoms with E-state index in [1.54, 1.807) is 19.6 Å². The quantitative estimate of drug-likeness (QED) is 0.504. The molecule has 0 bridgehead atoms. The molecule has 2 heterocycles. The maximum atomic E-state index is 13.0. The molecule has 1 aliphatic rings. The number of methoxy groups -OCH3 is 1. The number of aryl methyl sites for hydroxylation is 1. The van der Waals surface area contributed by atoms with Crippen LogP contribution in [0.1, 0.15) is 30.9 Å². The summed E-state index contributed by atoms with van der Waals surface area (Å²) in [5, 5.41) is 9.92. The summed E-state index contributed by atoms with van der Waals surface area (Å²) >= 11 is 0. The second kappa shape index (κ2) is 12.1. The van der Waals surface area contributed by atoms with Gasteiger partial charge in [0.2, 0.25) is 5.91 Å². The van der Waals surface area contributed by atoms with Crippen molar-refractivity contribution in [2.24, 2.45) is 0 Å². The van der Waals surface area contributed by atoms with Crippen molar-refractivity contribution >= 4 is 12.4 Å². The summed E-state index contributed by atoms with van der Waals surface area (Å²) in [7, 11) is 1.64. The number of aromatic nitrogens is 2. The van der Waals surface area contributed by atoms with Gasteiger partial charge >= 0.3 is 0 Å². The van der Waals surface area contributed by atoms with Gasteiger partial charge < -0.3 is 19.7 Å². The summed E-state index contributed by atoms with van der Waals surface area (Å²) in [6, 6.07) is 8.85. The Morgan fingerprint density at radius 1 is 1.27 bits per heavy atom. The molecule has 2 aromatic rings. The van der Waals surface area contributed by atoms with Crippen molar-refractivity contribution in [3.05, 3.63) is 54.1 Å². The minimum absolute atomic E-state index is 0.0597. The summed E-state index contributed by atoms with van der Waals surface area (Å²) in [6.07, 6.45) is 8.01. The molecule has 1 fully saturated rings. The van der Waals surface area contributed by atoms with Crippen molar-refractivity contribution in [2.45, 2.75) is 38.3 Å². The molecule has 0 spiro atoms. The zero-order valence-electron chi connectivity index (χ0n) is 17.8. The highest BCUT2D eigenvalue weighted by atomic mass is 16.5. The highest BCUT2D eigenvalue weighted by Crippen LogP contribution is 2.31. The van der Waals surface area contributed by atoms with Crippen LogP contribution in [0.2, 0.25) is 0 Å². The lowest BCUT2D eigenvalue weighted by Gasteiger charge is -2.41. The smallest absolute Gasteiger partial charge is 0.290 e. The molecular formula is C22H32N4O4. The van der Waals surface area contributed by atoms with Crippen LogP contribution in [-0.4, -0.2) is 65.3 Å². The second-order valence-corrected chi connectivity index (χ2v) is 7.30. The fourth-order valence-corrected chi connectivity index (χ4v) is 3.77. The van der Waals surface area contributed by atoms with Crippen LogP contribution < -0.4 is 5.32 Å². The van der Waals surface area contributed by atoms with E-state index in [2.05, 4.69) is 46.4 Å². The van der Waals surface area contributed by atoms with E-state index in [-0.39, 0.29) is 12.4 Å². The van der Waals surface area contributed by atoms with E-state index in [1.165, 1.54) is 11.1 Å². The lowest BCUT2D eigenvalue weighted by molar-refractivity contribution is -0.133. The zero-order chi connectivity index (χ0) is 21.8. The summed E-state index contributed by atoms with van der Waals surface area (Å²) in [6.45, 7) is 5.66. The Morgan fingerprint density at radius 3 is 2.43 bits per heavy atom. The molecule has 0 unspecified atom stereocenters. The van der Waals surface area contributed by atoms with Gasteiger partial charge in [-0.15, -0.1) is 0 Å². The van der Waals surface area contributed by atoms with Crippen molar-refractivity contribution in [3.63, 3.8) is 0 Å². The van der Waals surface area contributed by atoms with Crippen LogP contribution >= 0.6 is 0 Å². The van der Waals surface area contributed by atoms with E-state index >= 15 is 0 Å². The molecule has 0 saturated carbocycles. The molecule has 0 atom stereocenters. The third kappa shape index (κ3) is 6.14. The number of hydrogen-bond donors (Lipinski definition) is 2. The molecule has 8 nitrogen and oxygen atoms in total. The van der Waals surface area contributed by atoms with Gasteiger partial charge in [-0.05, 0) is 30.4 Å². The summed E-state index contributed by atoms with van der Waals surface area (Å²) in [5.74, 6) is 0.0597. The number of carbonyl (C=O) groups is 2. The van der Waals surface area contributed by atoms with Crippen molar-refractivity contribution in [2.75, 3.05) is 33.4 Å². The molecular weight excluding hydrogens is 384 g/mol. The van der Waals surface area contributed by atoms with Gasteiger partial charge in [0.1, 0.15) is 5.54 Å². The number of piperidine rings is 1. The number of nitrogens with one attached hydrogen (secondary N) is 1. The number of hydrogen-bond acceptors (Lipinski definition) is 5. The molecule has 1 amide bonds. The monoisotopic (exact) mass is 416 g/mol. The van der Waals surface area contributed by atoms with Gasteiger partial charge in [0, 0.05) is 45.7 Å². The number of rotatable bonds is 8. The molecule has 0 aliphatic carbocycles. The predicted octanol–water partition coefficient (Wildman–Crippen LogP) is 1.90. The van der Waals surface area contributed by atoms with Crippen LogP contribution in [0, 0.1) is 0 Å². The number of carboxylic acid groups (broad SMARTS) is 1. The average molecular weight is 417 g/mol. The van der Waals surface area contributed by atoms with Gasteiger partial charge in [-0.25, -0.2) is 4.98 Å². The van der Waals surface area contributed by atoms with Gasteiger partial charge in [0.05, 0.1) is 12.9 Å². The number of imidazole rings is 1. The average Bonchev–Trinajstić information content (AvgIpc) is 3.31. The lowest BCUT2D eigenvalue weighted by atomic mass is 9.85. The first kappa shape index (κ1) is 23.6. The Bertz CT molecular complexity index is 754. The molecule has 164 valence electrons. The maximum Gasteiger partial charge on any atom is 0.290 e. The topological polar surface area (TPSA) is 96.7 Å². The molecule has 8 heteroatoms. The summed E-state index contributed by atoms with van der Waals surface area (Å²) in [4.78, 5) is 28.0. The highest BCUT2D eigenvalue weighted by molar-refractivity contribution is 5.84. The fraction of sp³-hybridized carbons (Fsp3) is 0.500. The van der Waals surface area contributed by atoms with E-state index in [4.69, 9.17) is 14.6 Å². The second-order valence-electron chi connectivity index (χ2n) is 7.30. The number of likely N-dealkylation sites (tertiary alicyclic amines) is 1. The first-order chi connectivity index (χ1) is 14.6. The Kier molecular flexibility index (Phi) is 9.50. The number of amides is 1. The third-order valence-corrected chi connectivity index (χ3v) is 5.53. The van der Waals surface area contributed by atoms with E-state index in [0.717, 1.165) is 38.9 Å². The summed E-state index contributed by atoms with van der Waals surface area (Å²) in [5.41, 5.74) is 2.13. The van der Waals surface area contributed by atoms with Gasteiger partial charge in [-0.3, -0.25) is 14.5 Å². The van der Waals surface area contributed by atoms with E-state index in [9.17, 15) is 4.79 Å². The van der Waals surface area contributed by atoms with E-state index < -0.39 is 5.54 Å². The third-order valence-electron chi connectivity index (χ3n) is 5.53. The first-order valence-electron chi connectivity index (χ1n) is 10.2. The van der Waals surface area contributed by atoms with Crippen LogP contribution in [0.4, 0.5) is 0 Å². The SMILES string of the molecule is CCc1ccc(CN2CCC(C(=O)NCCOC)(n3ccnc3)CC2)cc1.O=CO. The Labute approximate surface area is 177 Å². The normalized spacial score (nSPS) is 15.7. The van der Waals surface area contributed by atoms with Crippen molar-refractivity contribution in [1.29, 1.82) is 0 Å². The number of carbonyl (C=O) groups excluding carboxylic acids is 1. The first-order valence-corrected chi connectivity index (χ1v) is 10.2. The van der Waals surface area contributed by atoms with E-state index in [0.29, 0.717) is 13.2 Å². The Hall–Kier alpha value is -2.71. The molecule has 2 N–H and O–H groups in total. The molecule has 1 aromatic heterocycles. The molecule has 30 heavy (non-hydrogen) atoms. The molecule has 1 aliphatic heterocycles. The number of benzene rings is 1. The van der Waals surface area contributed by atoms with Gasteiger partial charge in [0.25, 0.3) is 6.47 Å². The van der Waals surface area contributed by atoms with Gasteiger partial charge in [-0.1, -0.05) is 31.2 Å². The molecule has 1 saturated heterocycles. The molecule has 3 rings (SSSR count). The van der Waals surface area contributed by atoms with Crippen LogP contribution in [0.3, 0.4) is 0 Å². The largest absolute Gasteiger partial charge is 0.483 e. The lowest BCUT2D eigenvalue weighted by Crippen LogP contribution is -2.55. The Morgan fingerprint density at radius 2 is 1.90 bits per heavy atom. The van der Waals surface area contributed by atoms with Gasteiger partial charge in [-0.2, -0.15) is 0 Å². The number of nitrogens with zero attached hydrogens (tertiary/aromatic N) is 3. The standard InChI is InChI=1S/C21H30N4O2.CH2O2/c1-3-18-4-6-19(7-5-18)16-24-12-8-21(9-13-24,25-14-10-22-17-25)20(26)23-11-15-27-2;2-1-3/h4-7,10,14,17H,3,8-9,11-13,15-16H2,1-2H3,(H,23,26);1H,(H,2,3). The minimum Gasteiger partial charge on any atom is -0.483 e. The molecule has 0 radical (unpaired) electrons. The predicted molar refractivity (Wildman–Crippen MR) is 114 cm³/mol. The van der Waals surface area contributed by atoms with Crippen LogP contribution in [0.25, 0.3) is 0 Å². The van der Waals surface area contributed by atoms with Gasteiger partial charge in [0.15, 0.2) is 0 Å². The van der Waals surface area contributed by atoms with Crippen LogP contribution in [0.5, 0.6) is 0 Å². The van der Waals surface area contributed by atoms with Crippen molar-refractivity contribution in [1.82, 2.24) is 19.8 Å². The Balaban J connectivity index is 0.00000101. The molecule has 1 aromatic carbocycles. The van der Waals surface area contributed by atoms with Crippen molar-refractivity contribution in [3.8, 4) is 0 Å². The van der Waals surface area contributed by atoms with Crippen LogP contribution in [0.15, 0.2) is 43.0 Å². The maximum absolute atomic E-state index is 13.0. The zero-order valence-corrected chi connectivity index (χ0v) is 17.8. The van der Waals surface area contributed by atoms with Crippen LogP contribution in [-0.2, 0) is 32.8 Å². The van der Waals surface area contributed by atoms with Crippen molar-refractivity contribution < 1.29 is 19.4 Å². The number of ether oxygens (including phenoxy) is 1. The highest BCUT2D eigenvalue weighted by Gasteiger charge is 2.42. The fourth-order valence-electron chi connectivity index (χ4n) is 3.77. The van der Waals surface area contributed by atoms with E-state index in [1.807, 2.05) is 10.8 Å². The summed E-state index contributed by atoms with van der Waals surface area (Å²) < 4.78 is 7.04.